The van der Waals surface area contributed by atoms with Gasteiger partial charge < -0.3 is 24.6 Å². The zero-order valence-corrected chi connectivity index (χ0v) is 17.4. The van der Waals surface area contributed by atoms with E-state index in [2.05, 4.69) is 11.5 Å². The van der Waals surface area contributed by atoms with Crippen molar-refractivity contribution < 1.29 is 19.7 Å². The minimum Gasteiger partial charge on any atom is -0.507 e. The highest BCUT2D eigenvalue weighted by Gasteiger charge is 2.35. The lowest BCUT2D eigenvalue weighted by atomic mass is 9.84. The molecule has 0 radical (unpaired) electrons. The second-order valence-electron chi connectivity index (χ2n) is 8.49. The van der Waals surface area contributed by atoms with E-state index in [0.717, 1.165) is 25.9 Å². The van der Waals surface area contributed by atoms with E-state index in [9.17, 15) is 20.1 Å². The van der Waals surface area contributed by atoms with Crippen molar-refractivity contribution in [3.63, 3.8) is 0 Å². The molecule has 30 heavy (non-hydrogen) atoms. The highest BCUT2D eigenvalue weighted by molar-refractivity contribution is 5.90. The number of likely N-dealkylation sites (tertiary alicyclic amines) is 2. The van der Waals surface area contributed by atoms with Crippen LogP contribution in [0.15, 0.2) is 28.1 Å². The van der Waals surface area contributed by atoms with Crippen molar-refractivity contribution in [2.75, 3.05) is 26.2 Å². The van der Waals surface area contributed by atoms with E-state index in [1.807, 2.05) is 4.90 Å². The van der Waals surface area contributed by atoms with Gasteiger partial charge in [-0.25, -0.2) is 0 Å². The Morgan fingerprint density at radius 2 is 1.93 bits per heavy atom. The molecule has 0 spiro atoms. The predicted octanol–water partition coefficient (Wildman–Crippen LogP) is 2.79. The summed E-state index contributed by atoms with van der Waals surface area (Å²) in [6.45, 7) is 8.61. The minimum atomic E-state index is -0.760. The van der Waals surface area contributed by atoms with Gasteiger partial charge >= 0.3 is 0 Å². The van der Waals surface area contributed by atoms with Gasteiger partial charge in [0.2, 0.25) is 0 Å². The Morgan fingerprint density at radius 3 is 2.60 bits per heavy atom. The summed E-state index contributed by atoms with van der Waals surface area (Å²) in [6, 6.07) is 1.35. The van der Waals surface area contributed by atoms with Crippen LogP contribution in [0.1, 0.15) is 48.5 Å². The fourth-order valence-electron chi connectivity index (χ4n) is 4.85. The molecule has 0 aliphatic carbocycles. The summed E-state index contributed by atoms with van der Waals surface area (Å²) in [6.07, 6.45) is 4.82. The molecule has 0 bridgehead atoms. The van der Waals surface area contributed by atoms with Gasteiger partial charge in [0, 0.05) is 37.2 Å². The molecule has 3 N–H and O–H groups in total. The van der Waals surface area contributed by atoms with Crippen LogP contribution in [0.5, 0.6) is 11.5 Å². The molecule has 7 heteroatoms. The van der Waals surface area contributed by atoms with Crippen LogP contribution in [0.4, 0.5) is 0 Å². The second kappa shape index (κ2) is 8.32. The van der Waals surface area contributed by atoms with Gasteiger partial charge in [-0.05, 0) is 45.5 Å². The molecule has 1 aromatic heterocycles. The summed E-state index contributed by atoms with van der Waals surface area (Å²) in [5.41, 5.74) is 0.597. The Morgan fingerprint density at radius 1 is 1.20 bits per heavy atom. The van der Waals surface area contributed by atoms with Crippen LogP contribution in [0.2, 0.25) is 0 Å². The fourth-order valence-corrected chi connectivity index (χ4v) is 4.85. The topological polar surface area (TPSA) is 97.4 Å². The van der Waals surface area contributed by atoms with Crippen LogP contribution < -0.4 is 5.43 Å². The molecule has 2 aliphatic rings. The molecule has 2 unspecified atom stereocenters. The maximum Gasteiger partial charge on any atom is 0.196 e. The number of aliphatic hydroxyl groups is 1. The van der Waals surface area contributed by atoms with E-state index in [-0.39, 0.29) is 27.9 Å². The number of rotatable bonds is 4. The second-order valence-corrected chi connectivity index (χ2v) is 8.49. The largest absolute Gasteiger partial charge is 0.507 e. The van der Waals surface area contributed by atoms with Crippen molar-refractivity contribution in [1.29, 1.82) is 0 Å². The van der Waals surface area contributed by atoms with E-state index in [1.54, 1.807) is 13.1 Å². The maximum absolute atomic E-state index is 12.8. The number of benzene rings is 1. The van der Waals surface area contributed by atoms with Gasteiger partial charge in [0.05, 0.1) is 11.7 Å². The Kier molecular flexibility index (Phi) is 5.75. The van der Waals surface area contributed by atoms with Crippen LogP contribution in [0.25, 0.3) is 11.0 Å². The van der Waals surface area contributed by atoms with Gasteiger partial charge in [-0.1, -0.05) is 13.0 Å². The van der Waals surface area contributed by atoms with E-state index in [0.29, 0.717) is 42.9 Å². The van der Waals surface area contributed by atoms with Crippen molar-refractivity contribution >= 4 is 11.0 Å². The van der Waals surface area contributed by atoms with Crippen molar-refractivity contribution in [2.24, 2.45) is 0 Å². The van der Waals surface area contributed by atoms with Crippen molar-refractivity contribution in [3.8, 4) is 11.5 Å². The molecule has 2 aliphatic heterocycles. The van der Waals surface area contributed by atoms with E-state index in [1.165, 1.54) is 12.5 Å². The Bertz CT molecular complexity index is 1010. The molecular weight excluding hydrogens is 384 g/mol. The minimum absolute atomic E-state index is 0.0737. The molecule has 7 nitrogen and oxygen atoms in total. The van der Waals surface area contributed by atoms with Crippen molar-refractivity contribution in [3.05, 3.63) is 46.0 Å². The molecule has 0 amide bonds. The SMILES string of the molecule is C=CN1CCC(c2c(O)c(CN3CCCCC3)c(O)c3c(=O)cc(C)oc23)C(O)C1. The Balaban J connectivity index is 1.89. The van der Waals surface area contributed by atoms with Gasteiger partial charge in [-0.15, -0.1) is 0 Å². The molecule has 162 valence electrons. The lowest BCUT2D eigenvalue weighted by molar-refractivity contribution is 0.0718. The molecule has 2 atom stereocenters. The molecule has 2 saturated heterocycles. The number of piperidine rings is 2. The third-order valence-electron chi connectivity index (χ3n) is 6.45. The average molecular weight is 415 g/mol. The zero-order valence-electron chi connectivity index (χ0n) is 17.4. The first-order valence-corrected chi connectivity index (χ1v) is 10.7. The molecule has 4 rings (SSSR count). The summed E-state index contributed by atoms with van der Waals surface area (Å²) in [5, 5.41) is 33.2. The highest BCUT2D eigenvalue weighted by Crippen LogP contribution is 2.45. The monoisotopic (exact) mass is 414 g/mol. The quantitative estimate of drug-likeness (QED) is 0.708. The standard InChI is InChI=1S/C23H30N2O5/c1-3-24-10-7-15(18(27)13-24)19-21(28)16(12-25-8-5-4-6-9-25)22(29)20-17(26)11-14(2)30-23(19)20/h3,11,15,18,27-29H,1,4-10,12-13H2,2H3. The van der Waals surface area contributed by atoms with E-state index >= 15 is 0 Å². The van der Waals surface area contributed by atoms with Crippen LogP contribution >= 0.6 is 0 Å². The fraction of sp³-hybridized carbons (Fsp3) is 0.522. The number of phenols is 2. The number of fused-ring (bicyclic) bond motifs is 1. The molecular formula is C23H30N2O5. The maximum atomic E-state index is 12.8. The van der Waals surface area contributed by atoms with Gasteiger partial charge in [-0.2, -0.15) is 0 Å². The van der Waals surface area contributed by atoms with Crippen LogP contribution in [0, 0.1) is 6.92 Å². The molecule has 3 heterocycles. The lowest BCUT2D eigenvalue weighted by Crippen LogP contribution is -2.40. The smallest absolute Gasteiger partial charge is 0.196 e. The number of β-amino-alcohol motifs (C(OH)–C–C–N with tert-alkyl or cyclic N) is 1. The number of nitrogens with zero attached hydrogens (tertiary/aromatic N) is 2. The average Bonchev–Trinajstić information content (AvgIpc) is 2.72. The van der Waals surface area contributed by atoms with Gasteiger partial charge in [0.1, 0.15) is 28.2 Å². The first-order chi connectivity index (χ1) is 14.4. The van der Waals surface area contributed by atoms with Crippen molar-refractivity contribution in [2.45, 2.75) is 51.2 Å². The number of aromatic hydroxyl groups is 2. The highest BCUT2D eigenvalue weighted by atomic mass is 16.3. The summed E-state index contributed by atoms with van der Waals surface area (Å²) < 4.78 is 5.86. The van der Waals surface area contributed by atoms with Gasteiger partial charge in [0.15, 0.2) is 5.43 Å². The predicted molar refractivity (Wildman–Crippen MR) is 115 cm³/mol. The Hall–Kier alpha value is -2.51. The lowest BCUT2D eigenvalue weighted by Gasteiger charge is -2.36. The molecule has 2 aromatic rings. The van der Waals surface area contributed by atoms with Gasteiger partial charge in [0.25, 0.3) is 0 Å². The number of aliphatic hydroxyl groups excluding tert-OH is 1. The first-order valence-electron chi connectivity index (χ1n) is 10.7. The Labute approximate surface area is 175 Å². The summed E-state index contributed by atoms with van der Waals surface area (Å²) in [5.74, 6) is -0.303. The van der Waals surface area contributed by atoms with E-state index in [4.69, 9.17) is 4.42 Å². The summed E-state index contributed by atoms with van der Waals surface area (Å²) >= 11 is 0. The van der Waals surface area contributed by atoms with Gasteiger partial charge in [-0.3, -0.25) is 9.69 Å². The van der Waals surface area contributed by atoms with Crippen LogP contribution in [-0.4, -0.2) is 57.4 Å². The zero-order chi connectivity index (χ0) is 21.4. The molecule has 0 saturated carbocycles. The third kappa shape index (κ3) is 3.68. The van der Waals surface area contributed by atoms with E-state index < -0.39 is 12.0 Å². The molecule has 1 aromatic carbocycles. The number of hydrogen-bond donors (Lipinski definition) is 3. The first kappa shape index (κ1) is 20.8. The van der Waals surface area contributed by atoms with Crippen LogP contribution in [-0.2, 0) is 6.54 Å². The summed E-state index contributed by atoms with van der Waals surface area (Å²) in [4.78, 5) is 16.9. The van der Waals surface area contributed by atoms with Crippen molar-refractivity contribution in [1.82, 2.24) is 9.80 Å². The number of phenolic OH excluding ortho intramolecular Hbond substituents is 2. The molecule has 2 fully saturated rings. The number of hydrogen-bond acceptors (Lipinski definition) is 7. The van der Waals surface area contributed by atoms with Crippen LogP contribution in [0.3, 0.4) is 0 Å². The third-order valence-corrected chi connectivity index (χ3v) is 6.45. The number of aryl methyl sites for hydroxylation is 1. The normalized spacial score (nSPS) is 23.1. The summed E-state index contributed by atoms with van der Waals surface area (Å²) in [7, 11) is 0.